The van der Waals surface area contributed by atoms with Gasteiger partial charge in [-0.3, -0.25) is 0 Å². The SMILES string of the molecule is Fc1ccc(-c2nc3ccccc3[nH]2)cn1. The number of nitrogens with one attached hydrogen (secondary N) is 1. The fourth-order valence-corrected chi connectivity index (χ4v) is 1.61. The van der Waals surface area contributed by atoms with Gasteiger partial charge in [0.05, 0.1) is 11.0 Å². The van der Waals surface area contributed by atoms with E-state index in [2.05, 4.69) is 15.0 Å². The highest BCUT2D eigenvalue weighted by Crippen LogP contribution is 2.19. The van der Waals surface area contributed by atoms with E-state index >= 15 is 0 Å². The highest BCUT2D eigenvalue weighted by molar-refractivity contribution is 5.78. The quantitative estimate of drug-likeness (QED) is 0.631. The molecule has 3 nitrogen and oxygen atoms in total. The summed E-state index contributed by atoms with van der Waals surface area (Å²) in [4.78, 5) is 11.2. The van der Waals surface area contributed by atoms with E-state index in [0.717, 1.165) is 16.6 Å². The molecule has 1 aromatic carbocycles. The van der Waals surface area contributed by atoms with E-state index in [1.165, 1.54) is 12.3 Å². The van der Waals surface area contributed by atoms with Crippen molar-refractivity contribution in [2.45, 2.75) is 0 Å². The largest absolute Gasteiger partial charge is 0.338 e. The molecule has 0 atom stereocenters. The first-order chi connectivity index (χ1) is 7.83. The molecular formula is C12H8FN3. The van der Waals surface area contributed by atoms with Gasteiger partial charge in [0.15, 0.2) is 0 Å². The molecule has 2 aromatic heterocycles. The minimum atomic E-state index is -0.486. The molecule has 0 spiro atoms. The third-order valence-corrected chi connectivity index (χ3v) is 2.39. The van der Waals surface area contributed by atoms with Crippen molar-refractivity contribution in [3.05, 3.63) is 48.5 Å². The Morgan fingerprint density at radius 2 is 1.94 bits per heavy atom. The van der Waals surface area contributed by atoms with Gasteiger partial charge >= 0.3 is 0 Å². The Labute approximate surface area is 91.0 Å². The number of H-pyrrole nitrogens is 1. The summed E-state index contributed by atoms with van der Waals surface area (Å²) in [6.45, 7) is 0. The zero-order valence-corrected chi connectivity index (χ0v) is 8.31. The lowest BCUT2D eigenvalue weighted by molar-refractivity contribution is 0.584. The number of hydrogen-bond acceptors (Lipinski definition) is 2. The predicted octanol–water partition coefficient (Wildman–Crippen LogP) is 2.76. The van der Waals surface area contributed by atoms with Crippen LogP contribution in [0.4, 0.5) is 4.39 Å². The van der Waals surface area contributed by atoms with Crippen molar-refractivity contribution in [1.29, 1.82) is 0 Å². The summed E-state index contributed by atoms with van der Waals surface area (Å²) in [5.41, 5.74) is 2.63. The number of hydrogen-bond donors (Lipinski definition) is 1. The molecule has 0 saturated heterocycles. The average Bonchev–Trinajstić information content (AvgIpc) is 2.73. The number of aromatic amines is 1. The Morgan fingerprint density at radius 1 is 1.06 bits per heavy atom. The van der Waals surface area contributed by atoms with E-state index in [4.69, 9.17) is 0 Å². The molecule has 0 aliphatic carbocycles. The molecule has 1 N–H and O–H groups in total. The highest BCUT2D eigenvalue weighted by atomic mass is 19.1. The lowest BCUT2D eigenvalue weighted by Gasteiger charge is -1.94. The van der Waals surface area contributed by atoms with E-state index in [9.17, 15) is 4.39 Å². The standard InChI is InChI=1S/C12H8FN3/c13-11-6-5-8(7-14-11)12-15-9-3-1-2-4-10(9)16-12/h1-7H,(H,15,16). The Morgan fingerprint density at radius 3 is 2.69 bits per heavy atom. The normalized spacial score (nSPS) is 10.8. The zero-order chi connectivity index (χ0) is 11.0. The van der Waals surface area contributed by atoms with Gasteiger partial charge < -0.3 is 4.98 Å². The van der Waals surface area contributed by atoms with Crippen molar-refractivity contribution in [1.82, 2.24) is 15.0 Å². The summed E-state index contributed by atoms with van der Waals surface area (Å²) in [5.74, 6) is 0.216. The van der Waals surface area contributed by atoms with Crippen molar-refractivity contribution in [3.63, 3.8) is 0 Å². The van der Waals surface area contributed by atoms with Crippen molar-refractivity contribution >= 4 is 11.0 Å². The first-order valence-electron chi connectivity index (χ1n) is 4.89. The molecule has 3 aromatic rings. The van der Waals surface area contributed by atoms with Crippen LogP contribution >= 0.6 is 0 Å². The van der Waals surface area contributed by atoms with Crippen LogP contribution in [0.1, 0.15) is 0 Å². The van der Waals surface area contributed by atoms with Gasteiger partial charge in [-0.05, 0) is 24.3 Å². The monoisotopic (exact) mass is 213 g/mol. The van der Waals surface area contributed by atoms with Gasteiger partial charge in [0, 0.05) is 11.8 Å². The molecule has 2 heterocycles. The van der Waals surface area contributed by atoms with Gasteiger partial charge in [-0.25, -0.2) is 9.97 Å². The summed E-state index contributed by atoms with van der Waals surface area (Å²) in [6, 6.07) is 10.7. The van der Waals surface area contributed by atoms with E-state index in [-0.39, 0.29) is 0 Å². The third-order valence-electron chi connectivity index (χ3n) is 2.39. The van der Waals surface area contributed by atoms with Gasteiger partial charge in [-0.2, -0.15) is 4.39 Å². The Kier molecular flexibility index (Phi) is 1.93. The molecule has 3 rings (SSSR count). The molecule has 0 saturated carbocycles. The van der Waals surface area contributed by atoms with Gasteiger partial charge in [0.1, 0.15) is 5.82 Å². The maximum absolute atomic E-state index is 12.7. The van der Waals surface area contributed by atoms with Gasteiger partial charge in [0.2, 0.25) is 5.95 Å². The highest BCUT2D eigenvalue weighted by Gasteiger charge is 2.04. The lowest BCUT2D eigenvalue weighted by Crippen LogP contribution is -1.84. The summed E-state index contributed by atoms with van der Waals surface area (Å²) in [7, 11) is 0. The summed E-state index contributed by atoms with van der Waals surface area (Å²) >= 11 is 0. The molecule has 0 unspecified atom stereocenters. The number of aromatic nitrogens is 3. The number of nitrogens with zero attached hydrogens (tertiary/aromatic N) is 2. The van der Waals surface area contributed by atoms with Crippen LogP contribution < -0.4 is 0 Å². The predicted molar refractivity (Wildman–Crippen MR) is 59.3 cm³/mol. The number of imidazole rings is 1. The van der Waals surface area contributed by atoms with Crippen molar-refractivity contribution in [2.24, 2.45) is 0 Å². The number of benzene rings is 1. The number of rotatable bonds is 1. The zero-order valence-electron chi connectivity index (χ0n) is 8.31. The smallest absolute Gasteiger partial charge is 0.212 e. The first-order valence-corrected chi connectivity index (χ1v) is 4.89. The van der Waals surface area contributed by atoms with Crippen LogP contribution in [-0.4, -0.2) is 15.0 Å². The third kappa shape index (κ3) is 1.44. The Balaban J connectivity index is 2.15. The fourth-order valence-electron chi connectivity index (χ4n) is 1.61. The molecule has 0 aliphatic rings. The van der Waals surface area contributed by atoms with Crippen LogP contribution in [-0.2, 0) is 0 Å². The van der Waals surface area contributed by atoms with E-state index in [1.54, 1.807) is 6.07 Å². The second-order valence-corrected chi connectivity index (χ2v) is 3.47. The average molecular weight is 213 g/mol. The second-order valence-electron chi connectivity index (χ2n) is 3.47. The first kappa shape index (κ1) is 9.03. The van der Waals surface area contributed by atoms with E-state index in [1.807, 2.05) is 24.3 Å². The van der Waals surface area contributed by atoms with E-state index < -0.39 is 5.95 Å². The number of pyridine rings is 1. The van der Waals surface area contributed by atoms with Gasteiger partial charge in [0.25, 0.3) is 0 Å². The van der Waals surface area contributed by atoms with Gasteiger partial charge in [-0.15, -0.1) is 0 Å². The van der Waals surface area contributed by atoms with Crippen LogP contribution in [0, 0.1) is 5.95 Å². The molecule has 0 radical (unpaired) electrons. The minimum absolute atomic E-state index is 0.486. The van der Waals surface area contributed by atoms with Crippen molar-refractivity contribution < 1.29 is 4.39 Å². The van der Waals surface area contributed by atoms with Gasteiger partial charge in [-0.1, -0.05) is 12.1 Å². The van der Waals surface area contributed by atoms with Crippen LogP contribution in [0.3, 0.4) is 0 Å². The molecule has 0 aliphatic heterocycles. The topological polar surface area (TPSA) is 41.6 Å². The maximum atomic E-state index is 12.7. The summed E-state index contributed by atoms with van der Waals surface area (Å²) in [5, 5.41) is 0. The molecule has 0 amide bonds. The second kappa shape index (κ2) is 3.41. The van der Waals surface area contributed by atoms with Crippen LogP contribution in [0.15, 0.2) is 42.6 Å². The van der Waals surface area contributed by atoms with Crippen LogP contribution in [0.5, 0.6) is 0 Å². The Bertz CT molecular complexity index is 595. The molecule has 4 heteroatoms. The summed E-state index contributed by atoms with van der Waals surface area (Å²) < 4.78 is 12.7. The molecule has 0 bridgehead atoms. The number of para-hydroxylation sites is 2. The van der Waals surface area contributed by atoms with Crippen molar-refractivity contribution in [3.8, 4) is 11.4 Å². The van der Waals surface area contributed by atoms with Crippen LogP contribution in [0.25, 0.3) is 22.4 Å². The Hall–Kier alpha value is -2.23. The van der Waals surface area contributed by atoms with E-state index in [0.29, 0.717) is 5.82 Å². The lowest BCUT2D eigenvalue weighted by atomic mass is 10.3. The molecule has 78 valence electrons. The maximum Gasteiger partial charge on any atom is 0.212 e. The fraction of sp³-hybridized carbons (Fsp3) is 0. The van der Waals surface area contributed by atoms with Crippen molar-refractivity contribution in [2.75, 3.05) is 0 Å². The minimum Gasteiger partial charge on any atom is -0.338 e. The molecule has 16 heavy (non-hydrogen) atoms. The molecular weight excluding hydrogens is 205 g/mol. The summed E-state index contributed by atoms with van der Waals surface area (Å²) in [6.07, 6.45) is 1.47. The number of halogens is 1. The number of fused-ring (bicyclic) bond motifs is 1. The molecule has 0 fully saturated rings. The van der Waals surface area contributed by atoms with Crippen LogP contribution in [0.2, 0.25) is 0 Å².